The summed E-state index contributed by atoms with van der Waals surface area (Å²) < 4.78 is 11.7. The van der Waals surface area contributed by atoms with Gasteiger partial charge in [-0.1, -0.05) is 46.3 Å². The first-order valence-electron chi connectivity index (χ1n) is 11.5. The molecule has 1 aromatic carbocycles. The molecule has 0 aliphatic carbocycles. The van der Waals surface area contributed by atoms with Gasteiger partial charge in [-0.05, 0) is 39.2 Å². The van der Waals surface area contributed by atoms with Gasteiger partial charge in [-0.15, -0.1) is 0 Å². The van der Waals surface area contributed by atoms with E-state index in [-0.39, 0.29) is 35.9 Å². The third kappa shape index (κ3) is 3.98. The summed E-state index contributed by atoms with van der Waals surface area (Å²) in [5.74, 6) is -2.79. The van der Waals surface area contributed by atoms with Gasteiger partial charge in [0.1, 0.15) is 11.6 Å². The largest absolute Gasteiger partial charge is 0.466 e. The van der Waals surface area contributed by atoms with Crippen LogP contribution >= 0.6 is 15.9 Å². The number of fused-ring (bicyclic) bond motifs is 1. The molecule has 3 saturated heterocycles. The SMILES string of the molecule is CCOC(=O)[C@H]1[C@@H]2OC3(CC2Br)C(C(=O)NC(C)C)N([C@@H](CO)Cc2ccccc2)C(=O)[C@H]13. The van der Waals surface area contributed by atoms with Crippen molar-refractivity contribution in [1.82, 2.24) is 10.2 Å². The standard InChI is InChI=1S/C24H31BrN2O6/c1-4-32-23(31)17-18-22(30)27(15(12-28)10-14-8-6-5-7-9-14)20(21(29)26-13(2)3)24(18)11-16(25)19(17)33-24/h5-9,13,15-20,28H,4,10-12H2,1-3H3,(H,26,29)/t15-,16?,17-,18+,19-,20?,24?/m1/s1. The Morgan fingerprint density at radius 3 is 2.64 bits per heavy atom. The smallest absolute Gasteiger partial charge is 0.312 e. The van der Waals surface area contributed by atoms with Gasteiger partial charge < -0.3 is 24.8 Å². The fourth-order valence-electron chi connectivity index (χ4n) is 5.77. The Morgan fingerprint density at radius 2 is 2.03 bits per heavy atom. The van der Waals surface area contributed by atoms with Gasteiger partial charge in [0.15, 0.2) is 0 Å². The van der Waals surface area contributed by atoms with Gasteiger partial charge in [0.25, 0.3) is 0 Å². The molecule has 3 heterocycles. The molecular weight excluding hydrogens is 492 g/mol. The lowest BCUT2D eigenvalue weighted by Crippen LogP contribution is -2.59. The highest BCUT2D eigenvalue weighted by Gasteiger charge is 2.77. The molecule has 0 saturated carbocycles. The average molecular weight is 523 g/mol. The predicted molar refractivity (Wildman–Crippen MR) is 123 cm³/mol. The van der Waals surface area contributed by atoms with E-state index in [9.17, 15) is 19.5 Å². The van der Waals surface area contributed by atoms with Crippen LogP contribution < -0.4 is 5.32 Å². The number of aliphatic hydroxyl groups is 1. The van der Waals surface area contributed by atoms with Crippen LogP contribution in [0.2, 0.25) is 0 Å². The van der Waals surface area contributed by atoms with E-state index in [2.05, 4.69) is 21.2 Å². The second-order valence-electron chi connectivity index (χ2n) is 9.35. The molecule has 2 amide bonds. The molecule has 3 aliphatic rings. The zero-order valence-corrected chi connectivity index (χ0v) is 20.7. The van der Waals surface area contributed by atoms with Gasteiger partial charge >= 0.3 is 5.97 Å². The summed E-state index contributed by atoms with van der Waals surface area (Å²) in [5, 5.41) is 13.2. The molecule has 8 nitrogen and oxygen atoms in total. The molecule has 2 N–H and O–H groups in total. The Hall–Kier alpha value is -1.97. The minimum absolute atomic E-state index is 0.147. The minimum atomic E-state index is -1.16. The number of ether oxygens (including phenoxy) is 2. The molecule has 0 radical (unpaired) electrons. The monoisotopic (exact) mass is 522 g/mol. The second kappa shape index (κ2) is 9.35. The molecule has 7 atom stereocenters. The summed E-state index contributed by atoms with van der Waals surface area (Å²) in [5.41, 5.74) is -0.219. The molecule has 2 bridgehead atoms. The van der Waals surface area contributed by atoms with Crippen molar-refractivity contribution < 1.29 is 29.0 Å². The number of rotatable bonds is 8. The lowest BCUT2D eigenvalue weighted by molar-refractivity contribution is -0.155. The second-order valence-corrected chi connectivity index (χ2v) is 10.5. The summed E-state index contributed by atoms with van der Waals surface area (Å²) >= 11 is 3.62. The van der Waals surface area contributed by atoms with E-state index in [0.29, 0.717) is 12.8 Å². The Bertz CT molecular complexity index is 911. The fraction of sp³-hybridized carbons (Fsp3) is 0.625. The third-order valence-electron chi connectivity index (χ3n) is 6.88. The van der Waals surface area contributed by atoms with Crippen molar-refractivity contribution in [3.63, 3.8) is 0 Å². The fourth-order valence-corrected chi connectivity index (χ4v) is 6.71. The Kier molecular flexibility index (Phi) is 6.85. The van der Waals surface area contributed by atoms with Gasteiger partial charge in [-0.25, -0.2) is 0 Å². The van der Waals surface area contributed by atoms with E-state index >= 15 is 0 Å². The third-order valence-corrected chi connectivity index (χ3v) is 7.73. The van der Waals surface area contributed by atoms with Crippen LogP contribution in [0.25, 0.3) is 0 Å². The predicted octanol–water partition coefficient (Wildman–Crippen LogP) is 1.43. The van der Waals surface area contributed by atoms with Gasteiger partial charge in [0.2, 0.25) is 11.8 Å². The first kappa shape index (κ1) is 24.2. The van der Waals surface area contributed by atoms with E-state index < -0.39 is 41.6 Å². The highest BCUT2D eigenvalue weighted by Crippen LogP contribution is 2.60. The highest BCUT2D eigenvalue weighted by molar-refractivity contribution is 9.09. The number of hydrogen-bond acceptors (Lipinski definition) is 6. The summed E-state index contributed by atoms with van der Waals surface area (Å²) in [6.07, 6.45) is 0.249. The Labute approximate surface area is 202 Å². The van der Waals surface area contributed by atoms with E-state index in [1.807, 2.05) is 44.2 Å². The Balaban J connectivity index is 1.76. The molecular formula is C24H31BrN2O6. The highest BCUT2D eigenvalue weighted by atomic mass is 79.9. The number of esters is 1. The van der Waals surface area contributed by atoms with Gasteiger partial charge in [0.05, 0.1) is 37.2 Å². The number of alkyl halides is 1. The number of hydrogen-bond donors (Lipinski definition) is 2. The summed E-state index contributed by atoms with van der Waals surface area (Å²) in [6, 6.07) is 7.78. The van der Waals surface area contributed by atoms with Crippen LogP contribution in [0.1, 0.15) is 32.8 Å². The van der Waals surface area contributed by atoms with Crippen molar-refractivity contribution in [3.8, 4) is 0 Å². The number of nitrogens with zero attached hydrogens (tertiary/aromatic N) is 1. The number of halogens is 1. The van der Waals surface area contributed by atoms with Crippen LogP contribution in [0.4, 0.5) is 0 Å². The molecule has 33 heavy (non-hydrogen) atoms. The van der Waals surface area contributed by atoms with E-state index in [0.717, 1.165) is 5.56 Å². The van der Waals surface area contributed by atoms with Crippen LogP contribution in [-0.2, 0) is 30.3 Å². The molecule has 1 spiro atoms. The molecule has 3 unspecified atom stereocenters. The Morgan fingerprint density at radius 1 is 1.33 bits per heavy atom. The topological polar surface area (TPSA) is 105 Å². The van der Waals surface area contributed by atoms with Gasteiger partial charge in [0, 0.05) is 10.9 Å². The number of carbonyl (C=O) groups excluding carboxylic acids is 3. The average Bonchev–Trinajstić information content (AvgIpc) is 3.36. The first-order chi connectivity index (χ1) is 15.7. The maximum absolute atomic E-state index is 13.9. The molecule has 3 aliphatic heterocycles. The van der Waals surface area contributed by atoms with Crippen molar-refractivity contribution in [2.75, 3.05) is 13.2 Å². The van der Waals surface area contributed by atoms with Crippen LogP contribution in [-0.4, -0.2) is 75.7 Å². The number of benzene rings is 1. The summed E-state index contributed by atoms with van der Waals surface area (Å²) in [7, 11) is 0. The van der Waals surface area contributed by atoms with Crippen LogP contribution in [0, 0.1) is 11.8 Å². The summed E-state index contributed by atoms with van der Waals surface area (Å²) in [6.45, 7) is 5.29. The van der Waals surface area contributed by atoms with E-state index in [4.69, 9.17) is 9.47 Å². The van der Waals surface area contributed by atoms with Crippen LogP contribution in [0.15, 0.2) is 30.3 Å². The van der Waals surface area contributed by atoms with Crippen LogP contribution in [0.3, 0.4) is 0 Å². The van der Waals surface area contributed by atoms with Crippen LogP contribution in [0.5, 0.6) is 0 Å². The van der Waals surface area contributed by atoms with E-state index in [1.165, 1.54) is 4.90 Å². The zero-order chi connectivity index (χ0) is 23.9. The van der Waals surface area contributed by atoms with Crippen molar-refractivity contribution in [3.05, 3.63) is 35.9 Å². The summed E-state index contributed by atoms with van der Waals surface area (Å²) in [4.78, 5) is 41.6. The van der Waals surface area contributed by atoms with Crippen molar-refractivity contribution in [1.29, 1.82) is 0 Å². The number of likely N-dealkylation sites (tertiary alicyclic amines) is 1. The molecule has 180 valence electrons. The van der Waals surface area contributed by atoms with Crippen molar-refractivity contribution in [2.45, 2.75) is 68.3 Å². The maximum Gasteiger partial charge on any atom is 0.312 e. The molecule has 1 aromatic rings. The number of nitrogens with one attached hydrogen (secondary N) is 1. The first-order valence-corrected chi connectivity index (χ1v) is 12.4. The number of carbonyl (C=O) groups is 3. The number of amides is 2. The lowest BCUT2D eigenvalue weighted by Gasteiger charge is -2.37. The minimum Gasteiger partial charge on any atom is -0.466 e. The maximum atomic E-state index is 13.9. The van der Waals surface area contributed by atoms with E-state index in [1.54, 1.807) is 6.92 Å². The zero-order valence-electron chi connectivity index (χ0n) is 19.1. The molecule has 3 fully saturated rings. The quantitative estimate of drug-likeness (QED) is 0.395. The normalized spacial score (nSPS) is 33.3. The lowest BCUT2D eigenvalue weighted by atomic mass is 9.70. The molecule has 4 rings (SSSR count). The number of aliphatic hydroxyl groups excluding tert-OH is 1. The van der Waals surface area contributed by atoms with Gasteiger partial charge in [-0.3, -0.25) is 14.4 Å². The van der Waals surface area contributed by atoms with Crippen molar-refractivity contribution in [2.24, 2.45) is 11.8 Å². The van der Waals surface area contributed by atoms with Crippen molar-refractivity contribution >= 4 is 33.7 Å². The molecule has 0 aromatic heterocycles. The van der Waals surface area contributed by atoms with Gasteiger partial charge in [-0.2, -0.15) is 0 Å². The molecule has 9 heteroatoms.